The summed E-state index contributed by atoms with van der Waals surface area (Å²) in [5.41, 5.74) is 6.05. The van der Waals surface area contributed by atoms with Gasteiger partial charge in [-0.05, 0) is 46.8 Å². The van der Waals surface area contributed by atoms with Crippen LogP contribution in [-0.2, 0) is 0 Å². The normalized spacial score (nSPS) is 16.9. The Bertz CT molecular complexity index is 393. The Balaban J connectivity index is 2.04. The summed E-state index contributed by atoms with van der Waals surface area (Å²) in [6, 6.07) is 3.67. The van der Waals surface area contributed by atoms with Crippen LogP contribution in [0.25, 0.3) is 0 Å². The molecule has 86 valence electrons. The van der Waals surface area contributed by atoms with Crippen LogP contribution < -0.4 is 11.1 Å². The highest BCUT2D eigenvalue weighted by molar-refractivity contribution is 9.10. The van der Waals surface area contributed by atoms with Crippen molar-refractivity contribution in [1.29, 1.82) is 0 Å². The Kier molecular flexibility index (Phi) is 3.56. The maximum Gasteiger partial charge on any atom is 0.271 e. The van der Waals surface area contributed by atoms with E-state index in [-0.39, 0.29) is 11.9 Å². The Hall–Kier alpha value is -0.940. The molecule has 0 bridgehead atoms. The van der Waals surface area contributed by atoms with Crippen LogP contribution in [0.5, 0.6) is 0 Å². The predicted molar refractivity (Wildman–Crippen MR) is 65.0 cm³/mol. The summed E-state index contributed by atoms with van der Waals surface area (Å²) in [6.07, 6.45) is 3.92. The van der Waals surface area contributed by atoms with Crippen LogP contribution in [0.1, 0.15) is 23.3 Å². The maximum absolute atomic E-state index is 11.9. The van der Waals surface area contributed by atoms with Gasteiger partial charge in [0.1, 0.15) is 5.69 Å². The Labute approximate surface area is 103 Å². The first-order valence-electron chi connectivity index (χ1n) is 5.34. The van der Waals surface area contributed by atoms with E-state index in [1.54, 1.807) is 18.3 Å². The van der Waals surface area contributed by atoms with Gasteiger partial charge in [-0.1, -0.05) is 0 Å². The van der Waals surface area contributed by atoms with E-state index >= 15 is 0 Å². The van der Waals surface area contributed by atoms with Crippen LogP contribution in [0, 0.1) is 5.92 Å². The van der Waals surface area contributed by atoms with Gasteiger partial charge in [-0.3, -0.25) is 4.79 Å². The third kappa shape index (κ3) is 2.59. The number of nitrogens with one attached hydrogen (secondary N) is 1. The number of nitrogens with two attached hydrogens (primary N) is 1. The lowest BCUT2D eigenvalue weighted by molar-refractivity contribution is 0.0927. The minimum atomic E-state index is -0.158. The summed E-state index contributed by atoms with van der Waals surface area (Å²) in [7, 11) is 0. The highest BCUT2D eigenvalue weighted by Crippen LogP contribution is 2.32. The number of carbonyl (C=O) groups excluding carboxylic acids is 1. The minimum absolute atomic E-state index is 0.0846. The molecule has 4 nitrogen and oxygen atoms in total. The lowest BCUT2D eigenvalue weighted by Gasteiger charge is -2.15. The van der Waals surface area contributed by atoms with Gasteiger partial charge in [0.2, 0.25) is 0 Å². The maximum atomic E-state index is 11.9. The number of aromatic nitrogens is 1. The summed E-state index contributed by atoms with van der Waals surface area (Å²) in [6.45, 7) is 0.487. The highest BCUT2D eigenvalue weighted by Gasteiger charge is 2.31. The number of rotatable bonds is 4. The average Bonchev–Trinajstić information content (AvgIpc) is 3.10. The molecule has 3 N–H and O–H groups in total. The zero-order valence-electron chi connectivity index (χ0n) is 8.82. The summed E-state index contributed by atoms with van der Waals surface area (Å²) < 4.78 is 0.707. The van der Waals surface area contributed by atoms with E-state index in [4.69, 9.17) is 5.73 Å². The van der Waals surface area contributed by atoms with Crippen molar-refractivity contribution in [3.63, 3.8) is 0 Å². The molecule has 1 unspecified atom stereocenters. The molecular weight excluding hydrogens is 270 g/mol. The van der Waals surface area contributed by atoms with E-state index in [0.717, 1.165) is 12.8 Å². The molecular formula is C11H14BrN3O. The molecule has 1 aliphatic carbocycles. The van der Waals surface area contributed by atoms with Crippen molar-refractivity contribution in [2.75, 3.05) is 6.54 Å². The molecule has 1 saturated carbocycles. The second kappa shape index (κ2) is 4.93. The molecule has 0 aliphatic heterocycles. The molecule has 0 saturated heterocycles. The molecule has 1 heterocycles. The fourth-order valence-electron chi connectivity index (χ4n) is 1.66. The molecule has 1 aliphatic rings. The van der Waals surface area contributed by atoms with E-state index in [1.807, 2.05) is 0 Å². The molecule has 1 atom stereocenters. The Morgan fingerprint density at radius 2 is 2.44 bits per heavy atom. The van der Waals surface area contributed by atoms with Crippen molar-refractivity contribution in [3.05, 3.63) is 28.5 Å². The molecule has 5 heteroatoms. The molecule has 0 spiro atoms. The van der Waals surface area contributed by atoms with E-state index in [1.165, 1.54) is 0 Å². The average molecular weight is 284 g/mol. The third-order valence-corrected chi connectivity index (χ3v) is 3.37. The van der Waals surface area contributed by atoms with Crippen molar-refractivity contribution < 1.29 is 4.79 Å². The van der Waals surface area contributed by atoms with E-state index < -0.39 is 0 Å². The molecule has 0 aromatic carbocycles. The Morgan fingerprint density at radius 1 is 1.69 bits per heavy atom. The summed E-state index contributed by atoms with van der Waals surface area (Å²) >= 11 is 3.31. The van der Waals surface area contributed by atoms with E-state index in [9.17, 15) is 4.79 Å². The first-order valence-corrected chi connectivity index (χ1v) is 6.13. The van der Waals surface area contributed by atoms with Crippen LogP contribution >= 0.6 is 15.9 Å². The fourth-order valence-corrected chi connectivity index (χ4v) is 2.09. The van der Waals surface area contributed by atoms with Gasteiger partial charge in [0.05, 0.1) is 0 Å². The molecule has 2 rings (SSSR count). The van der Waals surface area contributed by atoms with Gasteiger partial charge < -0.3 is 11.1 Å². The van der Waals surface area contributed by atoms with Gasteiger partial charge in [-0.15, -0.1) is 0 Å². The number of hydrogen-bond donors (Lipinski definition) is 2. The summed E-state index contributed by atoms with van der Waals surface area (Å²) in [4.78, 5) is 16.0. The van der Waals surface area contributed by atoms with Gasteiger partial charge in [0, 0.05) is 23.3 Å². The van der Waals surface area contributed by atoms with Gasteiger partial charge >= 0.3 is 0 Å². The number of amides is 1. The first-order chi connectivity index (χ1) is 7.72. The number of halogens is 1. The third-order valence-electron chi connectivity index (χ3n) is 2.74. The zero-order chi connectivity index (χ0) is 11.5. The lowest BCUT2D eigenvalue weighted by Crippen LogP contribution is -2.42. The van der Waals surface area contributed by atoms with Crippen molar-refractivity contribution in [1.82, 2.24) is 10.3 Å². The number of hydrogen-bond acceptors (Lipinski definition) is 3. The second-order valence-electron chi connectivity index (χ2n) is 3.99. The van der Waals surface area contributed by atoms with Crippen LogP contribution in [0.4, 0.5) is 0 Å². The molecule has 1 aromatic rings. The van der Waals surface area contributed by atoms with Crippen molar-refractivity contribution in [2.45, 2.75) is 18.9 Å². The van der Waals surface area contributed by atoms with Crippen LogP contribution in [0.15, 0.2) is 22.8 Å². The fraction of sp³-hybridized carbons (Fsp3) is 0.455. The monoisotopic (exact) mass is 283 g/mol. The number of carbonyl (C=O) groups is 1. The first kappa shape index (κ1) is 11.5. The van der Waals surface area contributed by atoms with Crippen LogP contribution in [0.3, 0.4) is 0 Å². The van der Waals surface area contributed by atoms with Crippen molar-refractivity contribution in [2.24, 2.45) is 11.7 Å². The van der Waals surface area contributed by atoms with E-state index in [2.05, 4.69) is 26.2 Å². The predicted octanol–water partition coefficient (Wildman–Crippen LogP) is 1.31. The molecule has 1 amide bonds. The molecule has 1 fully saturated rings. The zero-order valence-corrected chi connectivity index (χ0v) is 10.4. The topological polar surface area (TPSA) is 68.0 Å². The van der Waals surface area contributed by atoms with Gasteiger partial charge in [0.25, 0.3) is 5.91 Å². The van der Waals surface area contributed by atoms with Crippen molar-refractivity contribution >= 4 is 21.8 Å². The smallest absolute Gasteiger partial charge is 0.271 e. The van der Waals surface area contributed by atoms with Gasteiger partial charge in [0.15, 0.2) is 0 Å². The molecule has 1 aromatic heterocycles. The molecule has 0 radical (unpaired) electrons. The second-order valence-corrected chi connectivity index (χ2v) is 4.84. The minimum Gasteiger partial charge on any atom is -0.346 e. The van der Waals surface area contributed by atoms with Gasteiger partial charge in [-0.25, -0.2) is 4.98 Å². The quantitative estimate of drug-likeness (QED) is 0.876. The number of nitrogens with zero attached hydrogens (tertiary/aromatic N) is 1. The van der Waals surface area contributed by atoms with Crippen LogP contribution in [0.2, 0.25) is 0 Å². The standard InChI is InChI=1S/C11H14BrN3O/c12-8-2-1-5-14-10(8)11(16)15-9(6-13)7-3-4-7/h1-2,5,7,9H,3-4,6,13H2,(H,15,16). The highest BCUT2D eigenvalue weighted by atomic mass is 79.9. The van der Waals surface area contributed by atoms with Gasteiger partial charge in [-0.2, -0.15) is 0 Å². The SMILES string of the molecule is NCC(NC(=O)c1ncccc1Br)C1CC1. The van der Waals surface area contributed by atoms with E-state index in [0.29, 0.717) is 22.6 Å². The molecule has 16 heavy (non-hydrogen) atoms. The summed E-state index contributed by atoms with van der Waals surface area (Å²) in [5, 5.41) is 2.93. The summed E-state index contributed by atoms with van der Waals surface area (Å²) in [5.74, 6) is 0.395. The number of pyridine rings is 1. The Morgan fingerprint density at radius 3 is 3.00 bits per heavy atom. The van der Waals surface area contributed by atoms with Crippen LogP contribution in [-0.4, -0.2) is 23.5 Å². The van der Waals surface area contributed by atoms with Crippen molar-refractivity contribution in [3.8, 4) is 0 Å². The largest absolute Gasteiger partial charge is 0.346 e. The lowest BCUT2D eigenvalue weighted by atomic mass is 10.2.